The fraction of sp³-hybridized carbons (Fsp3) is 0.557. The molecule has 0 radical (unpaired) electrons. The van der Waals surface area contributed by atoms with E-state index >= 15 is 0 Å². The highest BCUT2D eigenvalue weighted by Crippen LogP contribution is 2.22. The van der Waals surface area contributed by atoms with Gasteiger partial charge in [0.1, 0.15) is 30.5 Å². The first-order valence-electron chi connectivity index (χ1n) is 26.6. The number of aliphatic hydroxyl groups is 4. The number of allylic oxidation sites excluding steroid dienone is 26. The smallest absolute Gasteiger partial charge is 0.306 e. The van der Waals surface area contributed by atoms with E-state index < -0.39 is 43.4 Å². The Bertz CT molecular complexity index is 1620. The number of esters is 1. The molecule has 0 aromatic heterocycles. The second-order valence-corrected chi connectivity index (χ2v) is 17.2. The molecule has 1 saturated heterocycles. The molecule has 0 aromatic carbocycles. The van der Waals surface area contributed by atoms with E-state index in [1.54, 1.807) is 0 Å². The molecule has 0 aromatic rings. The van der Waals surface area contributed by atoms with Crippen molar-refractivity contribution in [3.8, 4) is 0 Å². The molecule has 1 aliphatic heterocycles. The zero-order valence-corrected chi connectivity index (χ0v) is 43.2. The second-order valence-electron chi connectivity index (χ2n) is 17.2. The molecule has 70 heavy (non-hydrogen) atoms. The predicted octanol–water partition coefficient (Wildman–Crippen LogP) is 13.6. The van der Waals surface area contributed by atoms with Crippen LogP contribution in [0.15, 0.2) is 158 Å². The van der Waals surface area contributed by atoms with Crippen LogP contribution in [0, 0.1) is 0 Å². The van der Waals surface area contributed by atoms with Crippen molar-refractivity contribution >= 4 is 5.97 Å². The third-order valence-corrected chi connectivity index (χ3v) is 10.9. The first-order chi connectivity index (χ1) is 34.4. The van der Waals surface area contributed by atoms with Crippen molar-refractivity contribution in [3.05, 3.63) is 158 Å². The summed E-state index contributed by atoms with van der Waals surface area (Å²) in [6.45, 7) is 4.17. The van der Waals surface area contributed by atoms with Crippen LogP contribution in [0.25, 0.3) is 0 Å². The van der Waals surface area contributed by atoms with Gasteiger partial charge in [-0.05, 0) is 122 Å². The van der Waals surface area contributed by atoms with Gasteiger partial charge in [0, 0.05) is 13.0 Å². The average molecular weight is 971 g/mol. The zero-order chi connectivity index (χ0) is 50.6. The summed E-state index contributed by atoms with van der Waals surface area (Å²) in [5, 5.41) is 40.3. The normalized spacial score (nSPS) is 20.2. The van der Waals surface area contributed by atoms with Crippen molar-refractivity contribution in [1.82, 2.24) is 0 Å². The Morgan fingerprint density at radius 1 is 0.457 bits per heavy atom. The summed E-state index contributed by atoms with van der Waals surface area (Å²) >= 11 is 0. The van der Waals surface area contributed by atoms with Crippen molar-refractivity contribution < 1.29 is 44.2 Å². The maximum Gasteiger partial charge on any atom is 0.306 e. The summed E-state index contributed by atoms with van der Waals surface area (Å²) in [5.74, 6) is -0.365. The largest absolute Gasteiger partial charge is 0.457 e. The minimum absolute atomic E-state index is 0.0951. The number of aliphatic hydroxyl groups excluding tert-OH is 4. The highest BCUT2D eigenvalue weighted by molar-refractivity contribution is 5.69. The summed E-state index contributed by atoms with van der Waals surface area (Å²) in [4.78, 5) is 12.9. The maximum absolute atomic E-state index is 12.9. The minimum Gasteiger partial charge on any atom is -0.457 e. The van der Waals surface area contributed by atoms with Gasteiger partial charge in [-0.3, -0.25) is 4.79 Å². The van der Waals surface area contributed by atoms with Gasteiger partial charge in [-0.25, -0.2) is 0 Å². The van der Waals surface area contributed by atoms with Crippen molar-refractivity contribution in [2.75, 3.05) is 26.4 Å². The molecule has 6 unspecified atom stereocenters. The highest BCUT2D eigenvalue weighted by Gasteiger charge is 2.44. The fourth-order valence-electron chi connectivity index (χ4n) is 6.88. The minimum atomic E-state index is -1.56. The number of carbonyl (C=O) groups excluding carboxylic acids is 1. The molecule has 0 aliphatic carbocycles. The van der Waals surface area contributed by atoms with E-state index in [2.05, 4.69) is 172 Å². The van der Waals surface area contributed by atoms with E-state index in [1.165, 1.54) is 0 Å². The van der Waals surface area contributed by atoms with Crippen LogP contribution < -0.4 is 0 Å². The van der Waals surface area contributed by atoms with Gasteiger partial charge in [-0.2, -0.15) is 0 Å². The molecular weight excluding hydrogens is 877 g/mol. The number of rotatable bonds is 43. The van der Waals surface area contributed by atoms with E-state index in [4.69, 9.17) is 18.9 Å². The lowest BCUT2D eigenvalue weighted by Crippen LogP contribution is -2.59. The van der Waals surface area contributed by atoms with Crippen LogP contribution in [0.3, 0.4) is 0 Å². The maximum atomic E-state index is 12.9. The van der Waals surface area contributed by atoms with Gasteiger partial charge in [-0.1, -0.05) is 185 Å². The van der Waals surface area contributed by atoms with E-state index in [1.807, 2.05) is 0 Å². The highest BCUT2D eigenvalue weighted by atomic mass is 16.7. The zero-order valence-electron chi connectivity index (χ0n) is 43.2. The van der Waals surface area contributed by atoms with Crippen LogP contribution in [0.5, 0.6) is 0 Å². The molecule has 1 heterocycles. The molecule has 0 spiro atoms. The molecule has 1 rings (SSSR count). The Kier molecular flexibility index (Phi) is 45.4. The van der Waals surface area contributed by atoms with E-state index in [-0.39, 0.29) is 25.6 Å². The molecule has 9 heteroatoms. The molecule has 392 valence electrons. The number of hydrogen-bond donors (Lipinski definition) is 4. The van der Waals surface area contributed by atoms with Crippen LogP contribution >= 0.6 is 0 Å². The molecule has 6 atom stereocenters. The van der Waals surface area contributed by atoms with Gasteiger partial charge in [-0.15, -0.1) is 0 Å². The van der Waals surface area contributed by atoms with E-state index in [0.29, 0.717) is 13.0 Å². The Morgan fingerprint density at radius 3 is 1.21 bits per heavy atom. The lowest BCUT2D eigenvalue weighted by Gasteiger charge is -2.39. The SMILES string of the molecule is CC/C=C\C/C=C\C/C=C\C/C=C\C/C=C\C/C=C\C/C=C\CCCCCC(=O)OC(COCCCCC/C=C\C/C=C\C/C=C\C/C=C\C/C=C\C/C=C\CC)COC1OC(CO)C(O)C(O)C1O. The first-order valence-corrected chi connectivity index (χ1v) is 26.6. The topological polar surface area (TPSA) is 135 Å². The van der Waals surface area contributed by atoms with Crippen LogP contribution in [0.1, 0.15) is 155 Å². The van der Waals surface area contributed by atoms with Gasteiger partial charge < -0.3 is 39.4 Å². The lowest BCUT2D eigenvalue weighted by atomic mass is 9.99. The van der Waals surface area contributed by atoms with Crippen LogP contribution in [-0.4, -0.2) is 89.6 Å². The molecule has 0 bridgehead atoms. The number of hydrogen-bond acceptors (Lipinski definition) is 9. The van der Waals surface area contributed by atoms with Crippen molar-refractivity contribution in [1.29, 1.82) is 0 Å². The van der Waals surface area contributed by atoms with E-state index in [9.17, 15) is 25.2 Å². The van der Waals surface area contributed by atoms with Crippen LogP contribution in [0.2, 0.25) is 0 Å². The quantitative estimate of drug-likeness (QED) is 0.0268. The molecule has 0 amide bonds. The van der Waals surface area contributed by atoms with Gasteiger partial charge in [0.05, 0.1) is 19.8 Å². The van der Waals surface area contributed by atoms with Gasteiger partial charge in [0.25, 0.3) is 0 Å². The van der Waals surface area contributed by atoms with Gasteiger partial charge >= 0.3 is 5.97 Å². The van der Waals surface area contributed by atoms with Gasteiger partial charge in [0.15, 0.2) is 6.29 Å². The summed E-state index contributed by atoms with van der Waals surface area (Å²) in [7, 11) is 0. The van der Waals surface area contributed by atoms with Crippen molar-refractivity contribution in [2.45, 2.75) is 192 Å². The third kappa shape index (κ3) is 39.5. The molecular formula is C61H94O9. The average Bonchev–Trinajstić information content (AvgIpc) is 3.36. The third-order valence-electron chi connectivity index (χ3n) is 10.9. The molecule has 0 saturated carbocycles. The lowest BCUT2D eigenvalue weighted by molar-refractivity contribution is -0.305. The fourth-order valence-corrected chi connectivity index (χ4v) is 6.88. The summed E-state index contributed by atoms with van der Waals surface area (Å²) in [6, 6.07) is 0. The van der Waals surface area contributed by atoms with Crippen LogP contribution in [0.4, 0.5) is 0 Å². The second kappa shape index (κ2) is 49.8. The number of carbonyl (C=O) groups is 1. The number of ether oxygens (including phenoxy) is 4. The summed E-state index contributed by atoms with van der Waals surface area (Å²) in [5.41, 5.74) is 0. The van der Waals surface area contributed by atoms with Crippen LogP contribution in [-0.2, 0) is 23.7 Å². The Morgan fingerprint density at radius 2 is 0.829 bits per heavy atom. The standard InChI is InChI=1S/C61H94O9/c1-3-5-7-9-11-13-15-17-19-21-23-25-27-28-29-30-32-34-36-38-40-42-44-46-48-50-57(63)69-55(54-68-61-60(66)59(65)58(64)56(52-62)70-61)53-67-51-49-47-45-43-41-39-37-35-33-31-26-24-22-20-18-16-14-12-10-8-6-4-2/h5-8,11-14,17-20,23-26,28-29,32-35,38-41,55-56,58-62,64-66H,3-4,9-10,15-16,21-22,27,30-31,36-37,42-54H2,1-2H3/b7-5-,8-6-,13-11-,14-12-,19-17-,20-18-,25-23-,26-24-,29-28-,34-32-,35-33-,40-38-,41-39-. The Labute approximate surface area is 424 Å². The summed E-state index contributed by atoms with van der Waals surface area (Å²) < 4.78 is 22.8. The molecule has 9 nitrogen and oxygen atoms in total. The number of unbranched alkanes of at least 4 members (excludes halogenated alkanes) is 6. The molecule has 1 aliphatic rings. The Hall–Kier alpha value is -4.19. The summed E-state index contributed by atoms with van der Waals surface area (Å²) in [6.07, 6.45) is 69.9. The predicted molar refractivity (Wildman–Crippen MR) is 292 cm³/mol. The molecule has 4 N–H and O–H groups in total. The van der Waals surface area contributed by atoms with Crippen molar-refractivity contribution in [2.24, 2.45) is 0 Å². The first kappa shape index (κ1) is 63.8. The van der Waals surface area contributed by atoms with E-state index in [0.717, 1.165) is 128 Å². The molecule has 1 fully saturated rings. The Balaban J connectivity index is 2.29. The van der Waals surface area contributed by atoms with Gasteiger partial charge in [0.2, 0.25) is 0 Å². The monoisotopic (exact) mass is 971 g/mol. The van der Waals surface area contributed by atoms with Crippen molar-refractivity contribution in [3.63, 3.8) is 0 Å².